The molecule has 0 spiro atoms. The molecule has 120 valence electrons. The number of hydrogen-bond donors (Lipinski definition) is 1. The van der Waals surface area contributed by atoms with E-state index in [0.717, 1.165) is 0 Å². The van der Waals surface area contributed by atoms with E-state index in [1.807, 2.05) is 0 Å². The van der Waals surface area contributed by atoms with Crippen LogP contribution in [0.4, 0.5) is 0 Å². The third-order valence-corrected chi connectivity index (χ3v) is 3.66. The fourth-order valence-electron chi connectivity index (χ4n) is 2.36. The molecule has 5 nitrogen and oxygen atoms in total. The van der Waals surface area contributed by atoms with Crippen molar-refractivity contribution in [3.63, 3.8) is 0 Å². The zero-order valence-electron chi connectivity index (χ0n) is 12.6. The zero-order valence-corrected chi connectivity index (χ0v) is 13.4. The SMILES string of the molecule is CC(=O)NC1=C(Oc2ccc(Cl)cc2)C(=O)c2ccccc2C1=O. The van der Waals surface area contributed by atoms with Gasteiger partial charge in [0.2, 0.25) is 23.2 Å². The molecule has 0 heterocycles. The number of fused-ring (bicyclic) bond motifs is 1. The molecule has 0 aliphatic heterocycles. The van der Waals surface area contributed by atoms with E-state index in [0.29, 0.717) is 10.8 Å². The first-order chi connectivity index (χ1) is 11.5. The van der Waals surface area contributed by atoms with E-state index in [2.05, 4.69) is 5.32 Å². The summed E-state index contributed by atoms with van der Waals surface area (Å²) in [5.41, 5.74) is 0.302. The fraction of sp³-hybridized carbons (Fsp3) is 0.0556. The molecule has 0 bridgehead atoms. The van der Waals surface area contributed by atoms with Gasteiger partial charge in [-0.1, -0.05) is 35.9 Å². The second-order valence-corrected chi connectivity index (χ2v) is 5.58. The standard InChI is InChI=1S/C18H12ClNO4/c1-10(21)20-15-16(22)13-4-2-3-5-14(13)17(23)18(15)24-12-8-6-11(19)7-9-12/h2-9H,1H3,(H,20,21). The van der Waals surface area contributed by atoms with Crippen molar-refractivity contribution < 1.29 is 19.1 Å². The van der Waals surface area contributed by atoms with E-state index in [4.69, 9.17) is 16.3 Å². The molecule has 0 radical (unpaired) electrons. The number of hydrogen-bond acceptors (Lipinski definition) is 4. The van der Waals surface area contributed by atoms with Crippen LogP contribution in [0.15, 0.2) is 60.0 Å². The van der Waals surface area contributed by atoms with Crippen LogP contribution in [0.1, 0.15) is 27.6 Å². The molecule has 0 atom stereocenters. The highest BCUT2D eigenvalue weighted by molar-refractivity contribution is 6.30. The number of allylic oxidation sites excluding steroid dienone is 2. The number of amides is 1. The van der Waals surface area contributed by atoms with E-state index in [1.54, 1.807) is 42.5 Å². The maximum absolute atomic E-state index is 12.7. The van der Waals surface area contributed by atoms with E-state index in [-0.39, 0.29) is 22.6 Å². The minimum Gasteiger partial charge on any atom is -0.451 e. The lowest BCUT2D eigenvalue weighted by Crippen LogP contribution is -2.34. The lowest BCUT2D eigenvalue weighted by molar-refractivity contribution is -0.118. The summed E-state index contributed by atoms with van der Waals surface area (Å²) in [7, 11) is 0. The van der Waals surface area contributed by atoms with Gasteiger partial charge < -0.3 is 10.1 Å². The summed E-state index contributed by atoms with van der Waals surface area (Å²) in [5.74, 6) is -1.29. The van der Waals surface area contributed by atoms with Gasteiger partial charge in [0.15, 0.2) is 0 Å². The van der Waals surface area contributed by atoms with Crippen molar-refractivity contribution in [1.82, 2.24) is 5.32 Å². The van der Waals surface area contributed by atoms with E-state index >= 15 is 0 Å². The Balaban J connectivity index is 2.09. The van der Waals surface area contributed by atoms with Gasteiger partial charge >= 0.3 is 0 Å². The van der Waals surface area contributed by atoms with Crippen LogP contribution in [0.2, 0.25) is 5.02 Å². The average Bonchev–Trinajstić information content (AvgIpc) is 2.57. The Kier molecular flexibility index (Phi) is 4.18. The summed E-state index contributed by atoms with van der Waals surface area (Å²) in [6.07, 6.45) is 0. The Morgan fingerprint density at radius 3 is 2.12 bits per heavy atom. The molecule has 1 amide bonds. The summed E-state index contributed by atoms with van der Waals surface area (Å²) in [4.78, 5) is 36.8. The van der Waals surface area contributed by atoms with Gasteiger partial charge in [0, 0.05) is 23.1 Å². The second kappa shape index (κ2) is 6.29. The Morgan fingerprint density at radius 1 is 0.958 bits per heavy atom. The van der Waals surface area contributed by atoms with E-state index < -0.39 is 17.5 Å². The molecule has 3 rings (SSSR count). The highest BCUT2D eigenvalue weighted by Gasteiger charge is 2.34. The topological polar surface area (TPSA) is 72.5 Å². The van der Waals surface area contributed by atoms with Gasteiger partial charge in [0.05, 0.1) is 0 Å². The number of carbonyl (C=O) groups excluding carboxylic acids is 3. The molecule has 1 aliphatic carbocycles. The van der Waals surface area contributed by atoms with Crippen LogP contribution in [0.3, 0.4) is 0 Å². The molecule has 2 aromatic carbocycles. The molecule has 0 saturated heterocycles. The average molecular weight is 342 g/mol. The molecule has 0 fully saturated rings. The first-order valence-corrected chi connectivity index (χ1v) is 7.49. The van der Waals surface area contributed by atoms with Crippen molar-refractivity contribution in [2.24, 2.45) is 0 Å². The third kappa shape index (κ3) is 2.94. The first-order valence-electron chi connectivity index (χ1n) is 7.11. The summed E-state index contributed by atoms with van der Waals surface area (Å²) in [6, 6.07) is 12.7. The van der Waals surface area contributed by atoms with Crippen LogP contribution in [-0.2, 0) is 4.79 Å². The van der Waals surface area contributed by atoms with E-state index in [9.17, 15) is 14.4 Å². The number of halogens is 1. The smallest absolute Gasteiger partial charge is 0.231 e. The van der Waals surface area contributed by atoms with Gasteiger partial charge in [-0.2, -0.15) is 0 Å². The number of Topliss-reactive ketones (excluding diaryl/α,β-unsaturated/α-hetero) is 2. The predicted molar refractivity (Wildman–Crippen MR) is 88.0 cm³/mol. The van der Waals surface area contributed by atoms with Gasteiger partial charge in [-0.15, -0.1) is 0 Å². The maximum Gasteiger partial charge on any atom is 0.231 e. The predicted octanol–water partition coefficient (Wildman–Crippen LogP) is 3.15. The van der Waals surface area contributed by atoms with Crippen molar-refractivity contribution in [2.75, 3.05) is 0 Å². The van der Waals surface area contributed by atoms with E-state index in [1.165, 1.54) is 13.0 Å². The molecule has 6 heteroatoms. The Morgan fingerprint density at radius 2 is 1.54 bits per heavy atom. The summed E-state index contributed by atoms with van der Waals surface area (Å²) < 4.78 is 5.60. The molecule has 2 aromatic rings. The monoisotopic (exact) mass is 341 g/mol. The Labute approximate surface area is 142 Å². The van der Waals surface area contributed by atoms with Crippen molar-refractivity contribution >= 4 is 29.1 Å². The van der Waals surface area contributed by atoms with Crippen LogP contribution in [0.25, 0.3) is 0 Å². The molecular weight excluding hydrogens is 330 g/mol. The summed E-state index contributed by atoms with van der Waals surface area (Å²) in [5, 5.41) is 2.91. The van der Waals surface area contributed by atoms with Gasteiger partial charge in [-0.05, 0) is 24.3 Å². The van der Waals surface area contributed by atoms with Gasteiger partial charge in [-0.3, -0.25) is 14.4 Å². The van der Waals surface area contributed by atoms with Gasteiger partial charge in [0.1, 0.15) is 11.4 Å². The quantitative estimate of drug-likeness (QED) is 0.930. The van der Waals surface area contributed by atoms with Gasteiger partial charge in [-0.25, -0.2) is 0 Å². The largest absolute Gasteiger partial charge is 0.451 e. The third-order valence-electron chi connectivity index (χ3n) is 3.41. The molecule has 0 aromatic heterocycles. The number of ketones is 2. The highest BCUT2D eigenvalue weighted by Crippen LogP contribution is 2.28. The van der Waals surface area contributed by atoms with Crippen molar-refractivity contribution in [2.45, 2.75) is 6.92 Å². The summed E-state index contributed by atoms with van der Waals surface area (Å²) >= 11 is 5.83. The van der Waals surface area contributed by atoms with Crippen LogP contribution < -0.4 is 10.1 Å². The molecular formula is C18H12ClNO4. The number of benzene rings is 2. The van der Waals surface area contributed by atoms with Gasteiger partial charge in [0.25, 0.3) is 0 Å². The van der Waals surface area contributed by atoms with Crippen LogP contribution in [-0.4, -0.2) is 17.5 Å². The van der Waals surface area contributed by atoms with Crippen molar-refractivity contribution in [3.05, 3.63) is 76.1 Å². The Bertz CT molecular complexity index is 884. The number of nitrogens with one attached hydrogen (secondary N) is 1. The van der Waals surface area contributed by atoms with Crippen LogP contribution in [0.5, 0.6) is 5.75 Å². The fourth-order valence-corrected chi connectivity index (χ4v) is 2.49. The highest BCUT2D eigenvalue weighted by atomic mass is 35.5. The lowest BCUT2D eigenvalue weighted by atomic mass is 9.91. The maximum atomic E-state index is 12.7. The molecule has 0 unspecified atom stereocenters. The molecule has 1 aliphatic rings. The molecule has 24 heavy (non-hydrogen) atoms. The summed E-state index contributed by atoms with van der Waals surface area (Å²) in [6.45, 7) is 1.26. The molecule has 1 N–H and O–H groups in total. The van der Waals surface area contributed by atoms with Crippen LogP contribution >= 0.6 is 11.6 Å². The minimum atomic E-state index is -0.470. The minimum absolute atomic E-state index is 0.166. The number of rotatable bonds is 3. The van der Waals surface area contributed by atoms with Crippen LogP contribution in [0, 0.1) is 0 Å². The lowest BCUT2D eigenvalue weighted by Gasteiger charge is -2.21. The second-order valence-electron chi connectivity index (χ2n) is 5.15. The van der Waals surface area contributed by atoms with Crippen molar-refractivity contribution in [1.29, 1.82) is 0 Å². The Hall–Kier alpha value is -2.92. The number of ether oxygens (including phenoxy) is 1. The first kappa shape index (κ1) is 16.0. The molecule has 0 saturated carbocycles. The normalized spacial score (nSPS) is 13.6. The van der Waals surface area contributed by atoms with Crippen molar-refractivity contribution in [3.8, 4) is 5.75 Å². The zero-order chi connectivity index (χ0) is 17.3. The number of carbonyl (C=O) groups is 3.